The Bertz CT molecular complexity index is 577. The topological polar surface area (TPSA) is 88.5 Å². The first-order valence-corrected chi connectivity index (χ1v) is 5.57. The predicted octanol–water partition coefficient (Wildman–Crippen LogP) is 2.06. The van der Waals surface area contributed by atoms with E-state index in [-0.39, 0.29) is 5.82 Å². The number of anilines is 1. The largest absolute Gasteiger partial charge is 0.382 e. The Labute approximate surface area is 106 Å². The maximum absolute atomic E-state index is 8.87. The molecule has 0 spiro atoms. The lowest BCUT2D eigenvalue weighted by Crippen LogP contribution is -2.03. The molecule has 2 aromatic rings. The van der Waals surface area contributed by atoms with Crippen LogP contribution in [0.2, 0.25) is 0 Å². The van der Waals surface area contributed by atoms with Crippen LogP contribution in [0.4, 0.5) is 5.82 Å². The van der Waals surface area contributed by atoms with Gasteiger partial charge in [0.1, 0.15) is 23.1 Å². The molecule has 84 valence electrons. The first kappa shape index (κ1) is 11.5. The third-order valence-corrected chi connectivity index (χ3v) is 2.66. The molecule has 5 nitrogen and oxygen atoms in total. The highest BCUT2D eigenvalue weighted by molar-refractivity contribution is 9.10. The molecule has 0 aliphatic rings. The molecule has 2 aromatic heterocycles. The van der Waals surface area contributed by atoms with Gasteiger partial charge in [-0.1, -0.05) is 0 Å². The van der Waals surface area contributed by atoms with E-state index in [1.54, 1.807) is 19.2 Å². The third kappa shape index (κ3) is 2.24. The van der Waals surface area contributed by atoms with Crippen molar-refractivity contribution in [1.82, 2.24) is 15.0 Å². The third-order valence-electron chi connectivity index (χ3n) is 2.19. The fourth-order valence-electron chi connectivity index (χ4n) is 1.36. The maximum Gasteiger partial charge on any atom is 0.180 e. The molecular weight excluding hydrogens is 282 g/mol. The van der Waals surface area contributed by atoms with Gasteiger partial charge in [0.05, 0.1) is 5.69 Å². The van der Waals surface area contributed by atoms with Crippen molar-refractivity contribution in [2.75, 3.05) is 5.73 Å². The average molecular weight is 290 g/mol. The molecule has 0 unspecified atom stereocenters. The summed E-state index contributed by atoms with van der Waals surface area (Å²) in [7, 11) is 0. The van der Waals surface area contributed by atoms with E-state index in [9.17, 15) is 0 Å². The van der Waals surface area contributed by atoms with Crippen LogP contribution in [-0.4, -0.2) is 15.0 Å². The molecular formula is C11H8BrN5. The molecule has 0 radical (unpaired) electrons. The minimum Gasteiger partial charge on any atom is -0.382 e. The second-order valence-electron chi connectivity index (χ2n) is 3.37. The number of hydrogen-bond acceptors (Lipinski definition) is 5. The monoisotopic (exact) mass is 289 g/mol. The maximum atomic E-state index is 8.87. The summed E-state index contributed by atoms with van der Waals surface area (Å²) in [5.41, 5.74) is 7.17. The number of nitriles is 1. The number of aromatic nitrogens is 3. The van der Waals surface area contributed by atoms with Gasteiger partial charge in [0.2, 0.25) is 0 Å². The van der Waals surface area contributed by atoms with Crippen LogP contribution in [0.1, 0.15) is 11.3 Å². The van der Waals surface area contributed by atoms with E-state index in [1.807, 2.05) is 12.1 Å². The second kappa shape index (κ2) is 4.47. The molecule has 2 heterocycles. The molecule has 0 saturated carbocycles. The SMILES string of the molecule is Cc1nc(-c2ccc(Br)cn2)nc(N)c1C#N. The molecule has 6 heteroatoms. The van der Waals surface area contributed by atoms with Gasteiger partial charge >= 0.3 is 0 Å². The fourth-order valence-corrected chi connectivity index (χ4v) is 1.59. The van der Waals surface area contributed by atoms with Crippen molar-refractivity contribution in [2.24, 2.45) is 0 Å². The first-order chi connectivity index (χ1) is 8.11. The van der Waals surface area contributed by atoms with E-state index in [2.05, 4.69) is 30.9 Å². The van der Waals surface area contributed by atoms with Gasteiger partial charge in [-0.25, -0.2) is 9.97 Å². The number of nitrogens with two attached hydrogens (primary N) is 1. The van der Waals surface area contributed by atoms with Gasteiger partial charge in [0.25, 0.3) is 0 Å². The Balaban J connectivity index is 2.55. The Morgan fingerprint density at radius 1 is 1.35 bits per heavy atom. The molecule has 2 N–H and O–H groups in total. The van der Waals surface area contributed by atoms with Crippen molar-refractivity contribution in [2.45, 2.75) is 6.92 Å². The van der Waals surface area contributed by atoms with Gasteiger partial charge in [0.15, 0.2) is 5.82 Å². The molecule has 0 amide bonds. The normalized spacial score (nSPS) is 9.94. The van der Waals surface area contributed by atoms with Crippen LogP contribution in [0.15, 0.2) is 22.8 Å². The highest BCUT2D eigenvalue weighted by Gasteiger charge is 2.10. The van der Waals surface area contributed by atoms with Gasteiger partial charge in [-0.3, -0.25) is 4.98 Å². The Hall–Kier alpha value is -2.00. The summed E-state index contributed by atoms with van der Waals surface area (Å²) in [6, 6.07) is 5.60. The van der Waals surface area contributed by atoms with Crippen LogP contribution >= 0.6 is 15.9 Å². The minimum absolute atomic E-state index is 0.180. The summed E-state index contributed by atoms with van der Waals surface area (Å²) < 4.78 is 0.875. The quantitative estimate of drug-likeness (QED) is 0.868. The Morgan fingerprint density at radius 3 is 2.65 bits per heavy atom. The summed E-state index contributed by atoms with van der Waals surface area (Å²) >= 11 is 3.30. The van der Waals surface area contributed by atoms with Gasteiger partial charge in [-0.2, -0.15) is 5.26 Å². The Kier molecular flexibility index (Phi) is 3.02. The van der Waals surface area contributed by atoms with Gasteiger partial charge in [0, 0.05) is 10.7 Å². The summed E-state index contributed by atoms with van der Waals surface area (Å²) in [6.45, 7) is 1.72. The number of halogens is 1. The highest BCUT2D eigenvalue weighted by atomic mass is 79.9. The van der Waals surface area contributed by atoms with Gasteiger partial charge in [-0.15, -0.1) is 0 Å². The molecule has 0 bridgehead atoms. The van der Waals surface area contributed by atoms with Crippen LogP contribution < -0.4 is 5.73 Å². The number of nitrogens with zero attached hydrogens (tertiary/aromatic N) is 4. The first-order valence-electron chi connectivity index (χ1n) is 4.78. The summed E-state index contributed by atoms with van der Waals surface area (Å²) in [5.74, 6) is 0.603. The average Bonchev–Trinajstić information content (AvgIpc) is 2.29. The molecule has 17 heavy (non-hydrogen) atoms. The fraction of sp³-hybridized carbons (Fsp3) is 0.0909. The number of nitrogen functional groups attached to an aromatic ring is 1. The molecule has 0 aromatic carbocycles. The van der Waals surface area contributed by atoms with Crippen molar-refractivity contribution in [1.29, 1.82) is 5.26 Å². The molecule has 0 saturated heterocycles. The number of aryl methyl sites for hydroxylation is 1. The zero-order valence-corrected chi connectivity index (χ0v) is 10.6. The predicted molar refractivity (Wildman–Crippen MR) is 66.8 cm³/mol. The zero-order chi connectivity index (χ0) is 12.4. The minimum atomic E-state index is 0.180. The van der Waals surface area contributed by atoms with Crippen LogP contribution in [-0.2, 0) is 0 Å². The van der Waals surface area contributed by atoms with Crippen molar-refractivity contribution in [3.05, 3.63) is 34.1 Å². The van der Waals surface area contributed by atoms with E-state index in [4.69, 9.17) is 11.0 Å². The van der Waals surface area contributed by atoms with E-state index in [1.165, 1.54) is 0 Å². The standard InChI is InChI=1S/C11H8BrN5/c1-6-8(4-13)10(14)17-11(16-6)9-3-2-7(12)5-15-9/h2-3,5H,1H3,(H2,14,16,17). The van der Waals surface area contributed by atoms with Crippen LogP contribution in [0.3, 0.4) is 0 Å². The van der Waals surface area contributed by atoms with E-state index < -0.39 is 0 Å². The molecule has 0 aliphatic heterocycles. The van der Waals surface area contributed by atoms with Crippen LogP contribution in [0.5, 0.6) is 0 Å². The Morgan fingerprint density at radius 2 is 2.12 bits per heavy atom. The number of pyridine rings is 1. The van der Waals surface area contributed by atoms with Crippen molar-refractivity contribution in [3.63, 3.8) is 0 Å². The van der Waals surface area contributed by atoms with Crippen molar-refractivity contribution >= 4 is 21.7 Å². The summed E-state index contributed by atoms with van der Waals surface area (Å²) in [6.07, 6.45) is 1.66. The van der Waals surface area contributed by atoms with Crippen LogP contribution in [0.25, 0.3) is 11.5 Å². The summed E-state index contributed by atoms with van der Waals surface area (Å²) in [4.78, 5) is 12.5. The lowest BCUT2D eigenvalue weighted by molar-refractivity contribution is 1.08. The van der Waals surface area contributed by atoms with E-state index in [0.717, 1.165) is 4.47 Å². The lowest BCUT2D eigenvalue weighted by atomic mass is 10.2. The van der Waals surface area contributed by atoms with Crippen molar-refractivity contribution in [3.8, 4) is 17.6 Å². The smallest absolute Gasteiger partial charge is 0.180 e. The van der Waals surface area contributed by atoms with E-state index in [0.29, 0.717) is 22.8 Å². The van der Waals surface area contributed by atoms with Crippen LogP contribution in [0, 0.1) is 18.3 Å². The van der Waals surface area contributed by atoms with Gasteiger partial charge < -0.3 is 5.73 Å². The summed E-state index contributed by atoms with van der Waals surface area (Å²) in [5, 5.41) is 8.87. The number of rotatable bonds is 1. The van der Waals surface area contributed by atoms with Gasteiger partial charge in [-0.05, 0) is 35.0 Å². The lowest BCUT2D eigenvalue weighted by Gasteiger charge is -2.04. The van der Waals surface area contributed by atoms with E-state index >= 15 is 0 Å². The molecule has 0 aliphatic carbocycles. The molecule has 0 fully saturated rings. The number of hydrogen-bond donors (Lipinski definition) is 1. The highest BCUT2D eigenvalue weighted by Crippen LogP contribution is 2.19. The molecule has 0 atom stereocenters. The van der Waals surface area contributed by atoms with Crippen molar-refractivity contribution < 1.29 is 0 Å². The molecule has 2 rings (SSSR count). The second-order valence-corrected chi connectivity index (χ2v) is 4.28. The zero-order valence-electron chi connectivity index (χ0n) is 8.98.